The standard InChI is InChI=1S/C21H30N4O3/c1-16-4-3-5-17(12-16)24-9-7-23(8-10-24)15-21(27)25-13-18-19(14-25)28-11-6-20(26)22(18)2/h3-5,12,18-19H,6-11,13-15H2,1-2H3/t18-,19-/m0/s1. The largest absolute Gasteiger partial charge is 0.374 e. The number of nitrogens with zero attached hydrogens (tertiary/aromatic N) is 4. The van der Waals surface area contributed by atoms with Crippen molar-refractivity contribution in [2.45, 2.75) is 25.5 Å². The number of amides is 2. The highest BCUT2D eigenvalue weighted by Crippen LogP contribution is 2.23. The molecule has 4 rings (SSSR count). The van der Waals surface area contributed by atoms with E-state index in [4.69, 9.17) is 4.74 Å². The molecule has 3 heterocycles. The van der Waals surface area contributed by atoms with E-state index in [1.807, 2.05) is 11.9 Å². The van der Waals surface area contributed by atoms with Gasteiger partial charge in [-0.15, -0.1) is 0 Å². The number of ether oxygens (including phenoxy) is 1. The van der Waals surface area contributed by atoms with E-state index in [2.05, 4.69) is 41.0 Å². The van der Waals surface area contributed by atoms with Crippen LogP contribution in [0.15, 0.2) is 24.3 Å². The maximum absolute atomic E-state index is 12.8. The predicted molar refractivity (Wildman–Crippen MR) is 107 cm³/mol. The maximum Gasteiger partial charge on any atom is 0.236 e. The highest BCUT2D eigenvalue weighted by atomic mass is 16.5. The van der Waals surface area contributed by atoms with Crippen molar-refractivity contribution in [2.24, 2.45) is 0 Å². The van der Waals surface area contributed by atoms with Gasteiger partial charge in [0, 0.05) is 52.0 Å². The smallest absolute Gasteiger partial charge is 0.236 e. The SMILES string of the molecule is Cc1cccc(N2CCN(CC(=O)N3C[C@@H]4OCCC(=O)N(C)[C@H]4C3)CC2)c1. The van der Waals surface area contributed by atoms with Crippen LogP contribution in [-0.4, -0.2) is 98.1 Å². The summed E-state index contributed by atoms with van der Waals surface area (Å²) in [5, 5.41) is 0. The van der Waals surface area contributed by atoms with Crippen molar-refractivity contribution in [1.82, 2.24) is 14.7 Å². The highest BCUT2D eigenvalue weighted by Gasteiger charge is 2.41. The molecule has 3 saturated heterocycles. The molecule has 28 heavy (non-hydrogen) atoms. The number of rotatable bonds is 3. The predicted octanol–water partition coefficient (Wildman–Crippen LogP) is 0.575. The van der Waals surface area contributed by atoms with E-state index >= 15 is 0 Å². The van der Waals surface area contributed by atoms with Crippen molar-refractivity contribution in [3.63, 3.8) is 0 Å². The molecule has 3 fully saturated rings. The summed E-state index contributed by atoms with van der Waals surface area (Å²) in [4.78, 5) is 33.1. The fourth-order valence-electron chi connectivity index (χ4n) is 4.44. The third-order valence-electron chi connectivity index (χ3n) is 6.23. The lowest BCUT2D eigenvalue weighted by Crippen LogP contribution is -2.50. The second-order valence-electron chi connectivity index (χ2n) is 8.13. The second-order valence-corrected chi connectivity index (χ2v) is 8.13. The van der Waals surface area contributed by atoms with Crippen LogP contribution in [0.2, 0.25) is 0 Å². The lowest BCUT2D eigenvalue weighted by molar-refractivity contribution is -0.134. The number of carbonyl (C=O) groups excluding carboxylic acids is 2. The summed E-state index contributed by atoms with van der Waals surface area (Å²) in [5.41, 5.74) is 2.53. The molecule has 7 heteroatoms. The average molecular weight is 386 g/mol. The molecule has 1 aromatic rings. The second kappa shape index (κ2) is 8.09. The molecule has 152 valence electrons. The highest BCUT2D eigenvalue weighted by molar-refractivity contribution is 5.80. The van der Waals surface area contributed by atoms with Crippen molar-refractivity contribution >= 4 is 17.5 Å². The number of likely N-dealkylation sites (N-methyl/N-ethyl adjacent to an activating group) is 1. The Kier molecular flexibility index (Phi) is 5.55. The van der Waals surface area contributed by atoms with Crippen LogP contribution >= 0.6 is 0 Å². The number of hydrogen-bond acceptors (Lipinski definition) is 5. The van der Waals surface area contributed by atoms with Crippen LogP contribution in [0.5, 0.6) is 0 Å². The van der Waals surface area contributed by atoms with Gasteiger partial charge in [0.15, 0.2) is 0 Å². The first-order valence-corrected chi connectivity index (χ1v) is 10.2. The van der Waals surface area contributed by atoms with E-state index < -0.39 is 0 Å². The topological polar surface area (TPSA) is 56.3 Å². The number of anilines is 1. The summed E-state index contributed by atoms with van der Waals surface area (Å²) in [5.74, 6) is 0.246. The zero-order valence-electron chi connectivity index (χ0n) is 16.8. The van der Waals surface area contributed by atoms with Gasteiger partial charge >= 0.3 is 0 Å². The summed E-state index contributed by atoms with van der Waals surface area (Å²) in [7, 11) is 1.83. The van der Waals surface area contributed by atoms with Gasteiger partial charge in [0.05, 0.1) is 31.7 Å². The Bertz CT molecular complexity index is 732. The summed E-state index contributed by atoms with van der Waals surface area (Å²) in [6, 6.07) is 8.56. The molecule has 0 radical (unpaired) electrons. The molecule has 0 bridgehead atoms. The lowest BCUT2D eigenvalue weighted by Gasteiger charge is -2.36. The first-order chi connectivity index (χ1) is 13.5. The Balaban J connectivity index is 1.29. The van der Waals surface area contributed by atoms with Gasteiger partial charge in [0.2, 0.25) is 11.8 Å². The van der Waals surface area contributed by atoms with Crippen LogP contribution in [0, 0.1) is 6.92 Å². The van der Waals surface area contributed by atoms with Gasteiger partial charge in [0.1, 0.15) is 0 Å². The summed E-state index contributed by atoms with van der Waals surface area (Å²) >= 11 is 0. The van der Waals surface area contributed by atoms with E-state index in [1.165, 1.54) is 11.3 Å². The molecule has 0 unspecified atom stereocenters. The molecule has 0 aromatic heterocycles. The fraction of sp³-hybridized carbons (Fsp3) is 0.619. The fourth-order valence-corrected chi connectivity index (χ4v) is 4.44. The minimum atomic E-state index is -0.0569. The first-order valence-electron chi connectivity index (χ1n) is 10.2. The zero-order valence-corrected chi connectivity index (χ0v) is 16.8. The van der Waals surface area contributed by atoms with E-state index in [0.717, 1.165) is 26.2 Å². The number of carbonyl (C=O) groups is 2. The van der Waals surface area contributed by atoms with Crippen LogP contribution in [0.3, 0.4) is 0 Å². The monoisotopic (exact) mass is 386 g/mol. The van der Waals surface area contributed by atoms with Gasteiger partial charge in [0.25, 0.3) is 0 Å². The molecule has 1 aromatic carbocycles. The molecule has 0 saturated carbocycles. The van der Waals surface area contributed by atoms with Gasteiger partial charge in [-0.1, -0.05) is 12.1 Å². The molecule has 3 aliphatic heterocycles. The molecule has 2 atom stereocenters. The molecule has 0 spiro atoms. The minimum absolute atomic E-state index is 0.0166. The van der Waals surface area contributed by atoms with Crippen LogP contribution < -0.4 is 4.90 Å². The third-order valence-corrected chi connectivity index (χ3v) is 6.23. The van der Waals surface area contributed by atoms with Gasteiger partial charge in [-0.2, -0.15) is 0 Å². The van der Waals surface area contributed by atoms with Crippen molar-refractivity contribution in [1.29, 1.82) is 0 Å². The van der Waals surface area contributed by atoms with Crippen molar-refractivity contribution in [3.8, 4) is 0 Å². The molecule has 7 nitrogen and oxygen atoms in total. The van der Waals surface area contributed by atoms with Crippen LogP contribution in [-0.2, 0) is 14.3 Å². The van der Waals surface area contributed by atoms with E-state index in [1.54, 1.807) is 4.90 Å². The quantitative estimate of drug-likeness (QED) is 0.761. The van der Waals surface area contributed by atoms with Gasteiger partial charge in [-0.05, 0) is 24.6 Å². The Hall–Kier alpha value is -2.12. The number of piperazine rings is 1. The Morgan fingerprint density at radius 1 is 1.18 bits per heavy atom. The Labute approximate surface area is 166 Å². The Morgan fingerprint density at radius 2 is 1.96 bits per heavy atom. The number of benzene rings is 1. The Morgan fingerprint density at radius 3 is 2.71 bits per heavy atom. The molecular formula is C21H30N4O3. The molecule has 0 N–H and O–H groups in total. The molecular weight excluding hydrogens is 356 g/mol. The first kappa shape index (κ1) is 19.2. The van der Waals surface area contributed by atoms with Gasteiger partial charge < -0.3 is 19.4 Å². The van der Waals surface area contributed by atoms with Crippen LogP contribution in [0.1, 0.15) is 12.0 Å². The van der Waals surface area contributed by atoms with E-state index in [9.17, 15) is 9.59 Å². The molecule has 3 aliphatic rings. The van der Waals surface area contributed by atoms with Gasteiger partial charge in [-0.3, -0.25) is 14.5 Å². The normalized spacial score (nSPS) is 26.4. The van der Waals surface area contributed by atoms with Crippen molar-refractivity contribution in [3.05, 3.63) is 29.8 Å². The number of fused-ring (bicyclic) bond motifs is 1. The minimum Gasteiger partial charge on any atom is -0.374 e. The van der Waals surface area contributed by atoms with Crippen molar-refractivity contribution in [2.75, 3.05) is 64.4 Å². The lowest BCUT2D eigenvalue weighted by atomic mass is 10.2. The number of hydrogen-bond donors (Lipinski definition) is 0. The third kappa shape index (κ3) is 4.00. The average Bonchev–Trinajstić information content (AvgIpc) is 3.07. The number of aryl methyl sites for hydroxylation is 1. The van der Waals surface area contributed by atoms with Crippen molar-refractivity contribution < 1.29 is 14.3 Å². The van der Waals surface area contributed by atoms with Gasteiger partial charge in [-0.25, -0.2) is 0 Å². The van der Waals surface area contributed by atoms with Crippen LogP contribution in [0.4, 0.5) is 5.69 Å². The van der Waals surface area contributed by atoms with E-state index in [0.29, 0.717) is 32.7 Å². The summed E-state index contributed by atoms with van der Waals surface area (Å²) in [6.07, 6.45) is 0.376. The number of likely N-dealkylation sites (tertiary alicyclic amines) is 1. The summed E-state index contributed by atoms with van der Waals surface area (Å²) in [6.45, 7) is 7.81. The molecule has 0 aliphatic carbocycles. The summed E-state index contributed by atoms with van der Waals surface area (Å²) < 4.78 is 5.83. The van der Waals surface area contributed by atoms with Crippen LogP contribution in [0.25, 0.3) is 0 Å². The maximum atomic E-state index is 12.8. The zero-order chi connectivity index (χ0) is 19.7. The molecule has 2 amide bonds. The van der Waals surface area contributed by atoms with E-state index in [-0.39, 0.29) is 24.0 Å².